The third-order valence-corrected chi connectivity index (χ3v) is 4.03. The van der Waals surface area contributed by atoms with Crippen LogP contribution in [0.25, 0.3) is 10.8 Å². The van der Waals surface area contributed by atoms with Crippen LogP contribution >= 0.6 is 11.6 Å². The number of rotatable bonds is 5. The minimum atomic E-state index is -0.745. The van der Waals surface area contributed by atoms with Crippen LogP contribution in [0.3, 0.4) is 0 Å². The molecule has 0 aliphatic rings. The van der Waals surface area contributed by atoms with Crippen LogP contribution in [0.4, 0.5) is 0 Å². The fraction of sp³-hybridized carbons (Fsp3) is 0.100. The zero-order valence-electron chi connectivity index (χ0n) is 14.0. The summed E-state index contributed by atoms with van der Waals surface area (Å²) in [5.41, 5.74) is 2.80. The van der Waals surface area contributed by atoms with E-state index in [1.807, 2.05) is 42.5 Å². The van der Waals surface area contributed by atoms with E-state index in [0.717, 1.165) is 10.8 Å². The molecular formula is C20H17ClN2O3. The average molecular weight is 369 g/mol. The third-order valence-electron chi connectivity index (χ3n) is 3.79. The standard InChI is InChI=1S/C20H17ClN2O3/c1-13(26-19-8-4-6-14-5-2-3-7-17(14)19)20(25)23-22-12-15-11-16(21)9-10-18(15)24/h2-13,24H,1H3,(H,23,25)/b22-12-/t13-/m0/s1. The zero-order valence-corrected chi connectivity index (χ0v) is 14.8. The third kappa shape index (κ3) is 4.13. The van der Waals surface area contributed by atoms with Crippen LogP contribution in [-0.4, -0.2) is 23.3 Å². The van der Waals surface area contributed by atoms with Crippen LogP contribution < -0.4 is 10.2 Å². The minimum absolute atomic E-state index is 0.0208. The molecule has 0 fully saturated rings. The van der Waals surface area contributed by atoms with E-state index >= 15 is 0 Å². The van der Waals surface area contributed by atoms with Gasteiger partial charge in [0, 0.05) is 16.0 Å². The molecule has 3 aromatic rings. The van der Waals surface area contributed by atoms with E-state index in [4.69, 9.17) is 16.3 Å². The van der Waals surface area contributed by atoms with Gasteiger partial charge in [-0.2, -0.15) is 5.10 Å². The number of hydrogen-bond acceptors (Lipinski definition) is 4. The number of phenolic OH excluding ortho intramolecular Hbond substituents is 1. The summed E-state index contributed by atoms with van der Waals surface area (Å²) >= 11 is 5.87. The number of amides is 1. The summed E-state index contributed by atoms with van der Waals surface area (Å²) in [6.07, 6.45) is 0.579. The van der Waals surface area contributed by atoms with Crippen molar-refractivity contribution in [3.63, 3.8) is 0 Å². The molecule has 3 rings (SSSR count). The van der Waals surface area contributed by atoms with Gasteiger partial charge in [0.2, 0.25) is 0 Å². The zero-order chi connectivity index (χ0) is 18.5. The SMILES string of the molecule is C[C@H](Oc1cccc2ccccc12)C(=O)N/N=C\c1cc(Cl)ccc1O. The van der Waals surface area contributed by atoms with Crippen molar-refractivity contribution in [2.45, 2.75) is 13.0 Å². The van der Waals surface area contributed by atoms with Gasteiger partial charge in [-0.05, 0) is 36.6 Å². The molecule has 2 N–H and O–H groups in total. The van der Waals surface area contributed by atoms with Gasteiger partial charge in [0.15, 0.2) is 6.10 Å². The van der Waals surface area contributed by atoms with E-state index in [0.29, 0.717) is 16.3 Å². The van der Waals surface area contributed by atoms with Crippen molar-refractivity contribution in [3.8, 4) is 11.5 Å². The molecule has 132 valence electrons. The summed E-state index contributed by atoms with van der Waals surface area (Å²) in [6, 6.07) is 18.0. The fourth-order valence-corrected chi connectivity index (χ4v) is 2.61. The predicted octanol–water partition coefficient (Wildman–Crippen LogP) is 4.12. The molecule has 0 saturated heterocycles. The Morgan fingerprint density at radius 2 is 1.96 bits per heavy atom. The van der Waals surface area contributed by atoms with Gasteiger partial charge in [-0.25, -0.2) is 5.43 Å². The van der Waals surface area contributed by atoms with Crippen molar-refractivity contribution >= 4 is 34.5 Å². The molecule has 0 heterocycles. The van der Waals surface area contributed by atoms with Gasteiger partial charge in [0.05, 0.1) is 6.21 Å². The lowest BCUT2D eigenvalue weighted by molar-refractivity contribution is -0.127. The van der Waals surface area contributed by atoms with E-state index in [1.54, 1.807) is 19.1 Å². The lowest BCUT2D eigenvalue weighted by Crippen LogP contribution is -2.33. The van der Waals surface area contributed by atoms with Gasteiger partial charge >= 0.3 is 0 Å². The second-order valence-corrected chi connectivity index (χ2v) is 6.11. The van der Waals surface area contributed by atoms with Crippen molar-refractivity contribution in [2.24, 2.45) is 5.10 Å². The molecule has 0 unspecified atom stereocenters. The minimum Gasteiger partial charge on any atom is -0.507 e. The maximum atomic E-state index is 12.2. The Labute approximate surface area is 155 Å². The first-order valence-electron chi connectivity index (χ1n) is 8.00. The first-order valence-corrected chi connectivity index (χ1v) is 8.38. The second-order valence-electron chi connectivity index (χ2n) is 5.67. The first-order chi connectivity index (χ1) is 12.5. The molecule has 1 atom stereocenters. The van der Waals surface area contributed by atoms with Gasteiger partial charge in [-0.1, -0.05) is 48.0 Å². The number of carbonyl (C=O) groups excluding carboxylic acids is 1. The molecule has 0 bridgehead atoms. The molecular weight excluding hydrogens is 352 g/mol. The normalized spacial score (nSPS) is 12.2. The second kappa shape index (κ2) is 7.89. The van der Waals surface area contributed by atoms with Crippen molar-refractivity contribution in [3.05, 3.63) is 71.2 Å². The van der Waals surface area contributed by atoms with Crippen molar-refractivity contribution in [2.75, 3.05) is 0 Å². The summed E-state index contributed by atoms with van der Waals surface area (Å²) in [7, 11) is 0. The lowest BCUT2D eigenvalue weighted by Gasteiger charge is -2.14. The van der Waals surface area contributed by atoms with Gasteiger partial charge < -0.3 is 9.84 Å². The van der Waals surface area contributed by atoms with Crippen LogP contribution in [-0.2, 0) is 4.79 Å². The van der Waals surface area contributed by atoms with E-state index in [2.05, 4.69) is 10.5 Å². The quantitative estimate of drug-likeness (QED) is 0.525. The number of aromatic hydroxyl groups is 1. The number of carbonyl (C=O) groups is 1. The Hall–Kier alpha value is -3.05. The number of fused-ring (bicyclic) bond motifs is 1. The number of benzene rings is 3. The highest BCUT2D eigenvalue weighted by molar-refractivity contribution is 6.30. The molecule has 0 radical (unpaired) electrons. The van der Waals surface area contributed by atoms with Crippen LogP contribution in [0.15, 0.2) is 65.8 Å². The smallest absolute Gasteiger partial charge is 0.280 e. The molecule has 6 heteroatoms. The van der Waals surface area contributed by atoms with Gasteiger partial charge in [0.25, 0.3) is 5.91 Å². The first kappa shape index (κ1) is 17.8. The van der Waals surface area contributed by atoms with E-state index in [9.17, 15) is 9.90 Å². The number of hydrogen-bond donors (Lipinski definition) is 2. The predicted molar refractivity (Wildman–Crippen MR) is 103 cm³/mol. The van der Waals surface area contributed by atoms with Crippen LogP contribution in [0, 0.1) is 0 Å². The Kier molecular flexibility index (Phi) is 5.39. The van der Waals surface area contributed by atoms with E-state index in [1.165, 1.54) is 12.3 Å². The number of nitrogens with zero attached hydrogens (tertiary/aromatic N) is 1. The summed E-state index contributed by atoms with van der Waals surface area (Å²) in [6.45, 7) is 1.64. The summed E-state index contributed by atoms with van der Waals surface area (Å²) in [5.74, 6) is 0.241. The summed E-state index contributed by atoms with van der Waals surface area (Å²) < 4.78 is 5.78. The lowest BCUT2D eigenvalue weighted by atomic mass is 10.1. The molecule has 26 heavy (non-hydrogen) atoms. The highest BCUT2D eigenvalue weighted by atomic mass is 35.5. The molecule has 1 amide bonds. The Morgan fingerprint density at radius 3 is 2.81 bits per heavy atom. The van der Waals surface area contributed by atoms with Gasteiger partial charge in [-0.15, -0.1) is 0 Å². The molecule has 0 aliphatic heterocycles. The maximum Gasteiger partial charge on any atom is 0.280 e. The number of halogens is 1. The fourth-order valence-electron chi connectivity index (χ4n) is 2.43. The Bertz CT molecular complexity index is 967. The molecule has 0 aromatic heterocycles. The molecule has 0 spiro atoms. The average Bonchev–Trinajstić information content (AvgIpc) is 2.64. The number of hydrazone groups is 1. The molecule has 0 aliphatic carbocycles. The van der Waals surface area contributed by atoms with Crippen LogP contribution in [0.5, 0.6) is 11.5 Å². The monoisotopic (exact) mass is 368 g/mol. The molecule has 3 aromatic carbocycles. The molecule has 0 saturated carbocycles. The topological polar surface area (TPSA) is 70.9 Å². The van der Waals surface area contributed by atoms with Crippen molar-refractivity contribution < 1.29 is 14.6 Å². The highest BCUT2D eigenvalue weighted by Gasteiger charge is 2.15. The largest absolute Gasteiger partial charge is 0.507 e. The number of ether oxygens (including phenoxy) is 1. The number of nitrogens with one attached hydrogen (secondary N) is 1. The highest BCUT2D eigenvalue weighted by Crippen LogP contribution is 2.26. The maximum absolute atomic E-state index is 12.2. The van der Waals surface area contributed by atoms with Crippen LogP contribution in [0.2, 0.25) is 5.02 Å². The van der Waals surface area contributed by atoms with Crippen molar-refractivity contribution in [1.29, 1.82) is 0 Å². The van der Waals surface area contributed by atoms with E-state index in [-0.39, 0.29) is 5.75 Å². The van der Waals surface area contributed by atoms with Gasteiger partial charge in [0.1, 0.15) is 11.5 Å². The summed E-state index contributed by atoms with van der Waals surface area (Å²) in [4.78, 5) is 12.2. The Morgan fingerprint density at radius 1 is 1.19 bits per heavy atom. The van der Waals surface area contributed by atoms with Crippen molar-refractivity contribution in [1.82, 2.24) is 5.43 Å². The van der Waals surface area contributed by atoms with Crippen LogP contribution in [0.1, 0.15) is 12.5 Å². The Balaban J connectivity index is 1.66. The van der Waals surface area contributed by atoms with E-state index < -0.39 is 12.0 Å². The van der Waals surface area contributed by atoms with Gasteiger partial charge in [-0.3, -0.25) is 4.79 Å². The summed E-state index contributed by atoms with van der Waals surface area (Å²) in [5, 5.41) is 16.0. The molecule has 5 nitrogen and oxygen atoms in total. The number of phenols is 1.